The van der Waals surface area contributed by atoms with E-state index in [0.29, 0.717) is 32.7 Å². The molecule has 1 fully saturated rings. The molecule has 3 aromatic rings. The third-order valence-corrected chi connectivity index (χ3v) is 8.26. The van der Waals surface area contributed by atoms with Crippen molar-refractivity contribution in [2.75, 3.05) is 39.3 Å². The van der Waals surface area contributed by atoms with Crippen molar-refractivity contribution in [1.29, 1.82) is 0 Å². The number of hydrogen-bond donors (Lipinski definition) is 0. The molecule has 2 aliphatic heterocycles. The zero-order valence-electron chi connectivity index (χ0n) is 20.4. The van der Waals surface area contributed by atoms with Crippen LogP contribution in [0, 0.1) is 0 Å². The van der Waals surface area contributed by atoms with E-state index in [4.69, 9.17) is 0 Å². The average molecular weight is 488 g/mol. The molecular weight excluding hydrogens is 454 g/mol. The second kappa shape index (κ2) is 10.8. The molecule has 1 aromatic heterocycles. The van der Waals surface area contributed by atoms with Gasteiger partial charge in [0.25, 0.3) is 5.91 Å². The summed E-state index contributed by atoms with van der Waals surface area (Å²) >= 11 is 1.82. The van der Waals surface area contributed by atoms with Gasteiger partial charge in [-0.25, -0.2) is 0 Å². The van der Waals surface area contributed by atoms with Crippen molar-refractivity contribution in [3.63, 3.8) is 0 Å². The summed E-state index contributed by atoms with van der Waals surface area (Å²) in [4.78, 5) is 34.1. The third kappa shape index (κ3) is 5.19. The molecule has 35 heavy (non-hydrogen) atoms. The standard InChI is InChI=1S/C29H33N3O2S/c1-2-22-9-11-24(12-10-22)29(34)31-16-6-15-30(18-19-31)27(33)21-32-17-13-26-25(14-20-35-26)28(32)23-7-4-3-5-8-23/h3-5,7-12,14,20,28H,2,6,13,15-19,21H2,1H3/t28-/m0/s1. The van der Waals surface area contributed by atoms with E-state index >= 15 is 0 Å². The number of rotatable bonds is 5. The van der Waals surface area contributed by atoms with Gasteiger partial charge in [0.15, 0.2) is 0 Å². The Morgan fingerprint density at radius 1 is 0.886 bits per heavy atom. The van der Waals surface area contributed by atoms with E-state index in [9.17, 15) is 9.59 Å². The molecule has 2 aromatic carbocycles. The van der Waals surface area contributed by atoms with Gasteiger partial charge in [0, 0.05) is 43.2 Å². The summed E-state index contributed by atoms with van der Waals surface area (Å²) in [6, 6.07) is 20.8. The SMILES string of the molecule is CCc1ccc(C(=O)N2CCCN(C(=O)CN3CCc4sccc4[C@@H]3c3ccccc3)CC2)cc1. The first kappa shape index (κ1) is 23.8. The van der Waals surface area contributed by atoms with Crippen LogP contribution in [0.4, 0.5) is 0 Å². The first-order valence-electron chi connectivity index (χ1n) is 12.7. The molecule has 182 valence electrons. The van der Waals surface area contributed by atoms with Gasteiger partial charge >= 0.3 is 0 Å². The van der Waals surface area contributed by atoms with Crippen LogP contribution in [-0.4, -0.2) is 65.8 Å². The van der Waals surface area contributed by atoms with Crippen LogP contribution >= 0.6 is 11.3 Å². The number of carbonyl (C=O) groups is 2. The highest BCUT2D eigenvalue weighted by atomic mass is 32.1. The average Bonchev–Trinajstić information content (AvgIpc) is 3.24. The van der Waals surface area contributed by atoms with Gasteiger partial charge in [-0.1, -0.05) is 49.4 Å². The van der Waals surface area contributed by atoms with Gasteiger partial charge in [-0.2, -0.15) is 0 Å². The Morgan fingerprint density at radius 3 is 2.40 bits per heavy atom. The highest BCUT2D eigenvalue weighted by Crippen LogP contribution is 2.37. The summed E-state index contributed by atoms with van der Waals surface area (Å²) < 4.78 is 0. The van der Waals surface area contributed by atoms with Crippen molar-refractivity contribution < 1.29 is 9.59 Å². The number of hydrogen-bond acceptors (Lipinski definition) is 4. The number of carbonyl (C=O) groups excluding carboxylic acids is 2. The Balaban J connectivity index is 1.25. The van der Waals surface area contributed by atoms with Gasteiger partial charge in [0.05, 0.1) is 12.6 Å². The molecule has 0 radical (unpaired) electrons. The van der Waals surface area contributed by atoms with Crippen molar-refractivity contribution in [2.45, 2.75) is 32.2 Å². The molecule has 0 bridgehead atoms. The molecule has 5 rings (SSSR count). The first-order valence-corrected chi connectivity index (χ1v) is 13.5. The highest BCUT2D eigenvalue weighted by molar-refractivity contribution is 7.10. The van der Waals surface area contributed by atoms with Gasteiger partial charge in [0.1, 0.15) is 0 Å². The maximum absolute atomic E-state index is 13.4. The molecular formula is C29H33N3O2S. The summed E-state index contributed by atoms with van der Waals surface area (Å²) in [5.41, 5.74) is 4.53. The van der Waals surface area contributed by atoms with Crippen LogP contribution in [0.5, 0.6) is 0 Å². The quantitative estimate of drug-likeness (QED) is 0.527. The lowest BCUT2D eigenvalue weighted by atomic mass is 9.93. The van der Waals surface area contributed by atoms with E-state index in [-0.39, 0.29) is 17.9 Å². The van der Waals surface area contributed by atoms with E-state index < -0.39 is 0 Å². The van der Waals surface area contributed by atoms with Crippen LogP contribution in [-0.2, 0) is 17.6 Å². The monoisotopic (exact) mass is 487 g/mol. The first-order chi connectivity index (χ1) is 17.1. The third-order valence-electron chi connectivity index (χ3n) is 7.26. The minimum absolute atomic E-state index is 0.0621. The lowest BCUT2D eigenvalue weighted by Gasteiger charge is -2.37. The fourth-order valence-corrected chi connectivity index (χ4v) is 6.18. The molecule has 2 aliphatic rings. The molecule has 0 spiro atoms. The van der Waals surface area contributed by atoms with Crippen LogP contribution in [0.3, 0.4) is 0 Å². The van der Waals surface area contributed by atoms with Crippen LogP contribution in [0.1, 0.15) is 51.3 Å². The second-order valence-corrected chi connectivity index (χ2v) is 10.4. The topological polar surface area (TPSA) is 43.9 Å². The summed E-state index contributed by atoms with van der Waals surface area (Å²) in [7, 11) is 0. The molecule has 0 unspecified atom stereocenters. The Bertz CT molecular complexity index is 1160. The number of nitrogens with zero attached hydrogens (tertiary/aromatic N) is 3. The Labute approximate surface area is 212 Å². The molecule has 0 aliphatic carbocycles. The lowest BCUT2D eigenvalue weighted by molar-refractivity contribution is -0.132. The smallest absolute Gasteiger partial charge is 0.253 e. The van der Waals surface area contributed by atoms with E-state index in [1.54, 1.807) is 0 Å². The Morgan fingerprint density at radius 2 is 1.63 bits per heavy atom. The van der Waals surface area contributed by atoms with E-state index in [1.807, 2.05) is 51.5 Å². The van der Waals surface area contributed by atoms with E-state index in [0.717, 1.165) is 31.4 Å². The molecule has 6 heteroatoms. The van der Waals surface area contributed by atoms with Gasteiger partial charge in [0.2, 0.25) is 5.91 Å². The largest absolute Gasteiger partial charge is 0.340 e. The molecule has 2 amide bonds. The van der Waals surface area contributed by atoms with Crippen molar-refractivity contribution in [3.05, 3.63) is 93.2 Å². The zero-order chi connectivity index (χ0) is 24.2. The van der Waals surface area contributed by atoms with Crippen LogP contribution in [0.15, 0.2) is 66.0 Å². The fraction of sp³-hybridized carbons (Fsp3) is 0.379. The molecule has 3 heterocycles. The van der Waals surface area contributed by atoms with Crippen LogP contribution in [0.25, 0.3) is 0 Å². The number of aryl methyl sites for hydroxylation is 1. The summed E-state index contributed by atoms with van der Waals surface area (Å²) in [6.07, 6.45) is 2.76. The van der Waals surface area contributed by atoms with Crippen molar-refractivity contribution in [3.8, 4) is 0 Å². The summed E-state index contributed by atoms with van der Waals surface area (Å²) in [6.45, 7) is 5.95. The lowest BCUT2D eigenvalue weighted by Crippen LogP contribution is -2.45. The van der Waals surface area contributed by atoms with Gasteiger partial charge < -0.3 is 9.80 Å². The number of thiophene rings is 1. The summed E-state index contributed by atoms with van der Waals surface area (Å²) in [5.74, 6) is 0.221. The van der Waals surface area contributed by atoms with Gasteiger partial charge in [-0.05, 0) is 59.5 Å². The van der Waals surface area contributed by atoms with Gasteiger partial charge in [-0.15, -0.1) is 11.3 Å². The highest BCUT2D eigenvalue weighted by Gasteiger charge is 2.32. The second-order valence-electron chi connectivity index (χ2n) is 9.41. The van der Waals surface area contributed by atoms with Crippen molar-refractivity contribution >= 4 is 23.2 Å². The molecule has 1 saturated heterocycles. The summed E-state index contributed by atoms with van der Waals surface area (Å²) in [5, 5.41) is 2.17. The van der Waals surface area contributed by atoms with Crippen LogP contribution < -0.4 is 0 Å². The van der Waals surface area contributed by atoms with Crippen molar-refractivity contribution in [2.24, 2.45) is 0 Å². The predicted octanol–water partition coefficient (Wildman–Crippen LogP) is 4.63. The van der Waals surface area contributed by atoms with E-state index in [2.05, 4.69) is 47.5 Å². The predicted molar refractivity (Wildman–Crippen MR) is 141 cm³/mol. The Kier molecular flexibility index (Phi) is 7.30. The molecule has 0 saturated carbocycles. The number of benzene rings is 2. The maximum Gasteiger partial charge on any atom is 0.253 e. The minimum Gasteiger partial charge on any atom is -0.340 e. The number of fused-ring (bicyclic) bond motifs is 1. The van der Waals surface area contributed by atoms with Gasteiger partial charge in [-0.3, -0.25) is 14.5 Å². The van der Waals surface area contributed by atoms with Crippen LogP contribution in [0.2, 0.25) is 0 Å². The van der Waals surface area contributed by atoms with Crippen molar-refractivity contribution in [1.82, 2.24) is 14.7 Å². The minimum atomic E-state index is 0.0621. The van der Waals surface area contributed by atoms with E-state index in [1.165, 1.54) is 21.6 Å². The molecule has 1 atom stereocenters. The normalized spacial score (nSPS) is 18.7. The molecule has 5 nitrogen and oxygen atoms in total. The zero-order valence-corrected chi connectivity index (χ0v) is 21.2. The Hall–Kier alpha value is -2.96. The molecule has 0 N–H and O–H groups in total. The fourth-order valence-electron chi connectivity index (χ4n) is 5.27. The number of amides is 2. The maximum atomic E-state index is 13.4.